The molecule has 1 aromatic heterocycles. The summed E-state index contributed by atoms with van der Waals surface area (Å²) in [7, 11) is 1.43. The van der Waals surface area contributed by atoms with Crippen LogP contribution in [0.15, 0.2) is 18.3 Å². The topological polar surface area (TPSA) is 79.7 Å². The molecule has 19 heavy (non-hydrogen) atoms. The Hall–Kier alpha value is -2.11. The van der Waals surface area contributed by atoms with Crippen molar-refractivity contribution in [1.82, 2.24) is 9.88 Å². The molecule has 0 spiro atoms. The molecule has 1 unspecified atom stereocenters. The molecule has 1 N–H and O–H groups in total. The summed E-state index contributed by atoms with van der Waals surface area (Å²) in [6.07, 6.45) is 3.66. The number of piperidine rings is 1. The fourth-order valence-electron chi connectivity index (χ4n) is 2.30. The van der Waals surface area contributed by atoms with Crippen molar-refractivity contribution in [3.05, 3.63) is 23.9 Å². The normalized spacial score (nSPS) is 19.0. The van der Waals surface area contributed by atoms with Crippen LogP contribution in [-0.4, -0.2) is 46.6 Å². The monoisotopic (exact) mass is 264 g/mol. The lowest BCUT2D eigenvalue weighted by Crippen LogP contribution is -2.48. The first-order valence-electron chi connectivity index (χ1n) is 6.18. The molecule has 1 fully saturated rings. The van der Waals surface area contributed by atoms with Crippen molar-refractivity contribution in [2.75, 3.05) is 13.7 Å². The Kier molecular flexibility index (Phi) is 3.99. The second kappa shape index (κ2) is 5.69. The molecule has 1 saturated heterocycles. The van der Waals surface area contributed by atoms with Gasteiger partial charge in [0.05, 0.1) is 7.11 Å². The SMILES string of the molecule is COc1ncccc1C(=O)N1CCCCC1C(=O)O. The van der Waals surface area contributed by atoms with Crippen LogP contribution < -0.4 is 4.74 Å². The minimum atomic E-state index is -0.962. The van der Waals surface area contributed by atoms with Crippen molar-refractivity contribution < 1.29 is 19.4 Å². The van der Waals surface area contributed by atoms with Crippen molar-refractivity contribution in [2.45, 2.75) is 25.3 Å². The number of methoxy groups -OCH3 is 1. The molecule has 0 saturated carbocycles. The van der Waals surface area contributed by atoms with Crippen molar-refractivity contribution in [2.24, 2.45) is 0 Å². The van der Waals surface area contributed by atoms with E-state index in [1.165, 1.54) is 18.2 Å². The van der Waals surface area contributed by atoms with Gasteiger partial charge in [0.1, 0.15) is 11.6 Å². The molecular formula is C13H16N2O4. The number of aromatic nitrogens is 1. The summed E-state index contributed by atoms with van der Waals surface area (Å²) < 4.78 is 5.05. The molecule has 0 radical (unpaired) electrons. The highest BCUT2D eigenvalue weighted by Gasteiger charge is 2.33. The predicted octanol–water partition coefficient (Wildman–Crippen LogP) is 1.17. The van der Waals surface area contributed by atoms with E-state index in [0.717, 1.165) is 12.8 Å². The molecule has 2 rings (SSSR count). The zero-order valence-electron chi connectivity index (χ0n) is 10.7. The first-order valence-corrected chi connectivity index (χ1v) is 6.18. The average molecular weight is 264 g/mol. The Balaban J connectivity index is 2.29. The number of carboxylic acid groups (broad SMARTS) is 1. The maximum Gasteiger partial charge on any atom is 0.326 e. The fraction of sp³-hybridized carbons (Fsp3) is 0.462. The molecule has 1 amide bonds. The molecular weight excluding hydrogens is 248 g/mol. The fourth-order valence-corrected chi connectivity index (χ4v) is 2.30. The first-order chi connectivity index (χ1) is 9.15. The number of carbonyl (C=O) groups excluding carboxylic acids is 1. The number of aliphatic carboxylic acids is 1. The van der Waals surface area contributed by atoms with Gasteiger partial charge < -0.3 is 14.7 Å². The number of nitrogens with zero attached hydrogens (tertiary/aromatic N) is 2. The summed E-state index contributed by atoms with van der Waals surface area (Å²) in [6, 6.07) is 2.48. The van der Waals surface area contributed by atoms with Gasteiger partial charge in [0.2, 0.25) is 5.88 Å². The standard InChI is InChI=1S/C13H16N2O4/c1-19-11-9(5-4-7-14-11)12(16)15-8-3-2-6-10(15)13(17)18/h4-5,7,10H,2-3,6,8H2,1H3,(H,17,18). The summed E-state index contributed by atoms with van der Waals surface area (Å²) in [6.45, 7) is 0.452. The molecule has 1 aliphatic heterocycles. The molecule has 6 nitrogen and oxygen atoms in total. The molecule has 1 atom stereocenters. The quantitative estimate of drug-likeness (QED) is 0.886. The van der Waals surface area contributed by atoms with E-state index in [9.17, 15) is 14.7 Å². The van der Waals surface area contributed by atoms with Crippen LogP contribution in [0.1, 0.15) is 29.6 Å². The number of pyridine rings is 1. The third kappa shape index (κ3) is 2.67. The van der Waals surface area contributed by atoms with Gasteiger partial charge in [-0.1, -0.05) is 0 Å². The van der Waals surface area contributed by atoms with Crippen LogP contribution in [0.5, 0.6) is 5.88 Å². The molecule has 2 heterocycles. The number of hydrogen-bond donors (Lipinski definition) is 1. The van der Waals surface area contributed by atoms with Gasteiger partial charge in [-0.15, -0.1) is 0 Å². The minimum Gasteiger partial charge on any atom is -0.480 e. The van der Waals surface area contributed by atoms with E-state index in [1.807, 2.05) is 0 Å². The lowest BCUT2D eigenvalue weighted by atomic mass is 10.0. The van der Waals surface area contributed by atoms with Crippen LogP contribution in [0.3, 0.4) is 0 Å². The Bertz CT molecular complexity index is 489. The molecule has 6 heteroatoms. The van der Waals surface area contributed by atoms with Gasteiger partial charge in [-0.2, -0.15) is 0 Å². The number of hydrogen-bond acceptors (Lipinski definition) is 4. The van der Waals surface area contributed by atoms with Gasteiger partial charge in [0, 0.05) is 12.7 Å². The van der Waals surface area contributed by atoms with Crippen LogP contribution >= 0.6 is 0 Å². The van der Waals surface area contributed by atoms with Gasteiger partial charge in [-0.25, -0.2) is 9.78 Å². The van der Waals surface area contributed by atoms with Gasteiger partial charge in [0.15, 0.2) is 0 Å². The minimum absolute atomic E-state index is 0.224. The van der Waals surface area contributed by atoms with E-state index in [-0.39, 0.29) is 11.8 Å². The summed E-state index contributed by atoms with van der Waals surface area (Å²) in [5.74, 6) is -1.07. The molecule has 0 aliphatic carbocycles. The first kappa shape index (κ1) is 13.3. The molecule has 1 aromatic rings. The van der Waals surface area contributed by atoms with E-state index in [1.54, 1.807) is 12.1 Å². The zero-order chi connectivity index (χ0) is 13.8. The largest absolute Gasteiger partial charge is 0.480 e. The second-order valence-electron chi connectivity index (χ2n) is 4.41. The van der Waals surface area contributed by atoms with Gasteiger partial charge in [0.25, 0.3) is 5.91 Å². The predicted molar refractivity (Wildman–Crippen MR) is 67.1 cm³/mol. The number of carboxylic acids is 1. The van der Waals surface area contributed by atoms with E-state index in [0.29, 0.717) is 18.5 Å². The maximum absolute atomic E-state index is 12.4. The maximum atomic E-state index is 12.4. The second-order valence-corrected chi connectivity index (χ2v) is 4.41. The third-order valence-electron chi connectivity index (χ3n) is 3.24. The number of rotatable bonds is 3. The van der Waals surface area contributed by atoms with Crippen LogP contribution in [0.2, 0.25) is 0 Å². The van der Waals surface area contributed by atoms with E-state index in [4.69, 9.17) is 4.74 Å². The molecule has 102 valence electrons. The summed E-state index contributed by atoms with van der Waals surface area (Å²) in [4.78, 5) is 29.0. The van der Waals surface area contributed by atoms with Crippen LogP contribution in [0, 0.1) is 0 Å². The van der Waals surface area contributed by atoms with Crippen molar-refractivity contribution in [1.29, 1.82) is 0 Å². The van der Waals surface area contributed by atoms with Crippen molar-refractivity contribution in [3.63, 3.8) is 0 Å². The number of likely N-dealkylation sites (tertiary alicyclic amines) is 1. The smallest absolute Gasteiger partial charge is 0.326 e. The Morgan fingerprint density at radius 3 is 2.95 bits per heavy atom. The highest BCUT2D eigenvalue weighted by molar-refractivity contribution is 5.98. The van der Waals surface area contributed by atoms with Gasteiger partial charge >= 0.3 is 5.97 Å². The average Bonchev–Trinajstić information content (AvgIpc) is 2.46. The van der Waals surface area contributed by atoms with Crippen LogP contribution in [0.25, 0.3) is 0 Å². The molecule has 1 aliphatic rings. The summed E-state index contributed by atoms with van der Waals surface area (Å²) in [5.41, 5.74) is 0.304. The van der Waals surface area contributed by atoms with Gasteiger partial charge in [-0.3, -0.25) is 4.79 Å². The van der Waals surface area contributed by atoms with E-state index < -0.39 is 12.0 Å². The number of carbonyl (C=O) groups is 2. The molecule has 0 bridgehead atoms. The van der Waals surface area contributed by atoms with Crippen molar-refractivity contribution in [3.8, 4) is 5.88 Å². The Morgan fingerprint density at radius 2 is 2.26 bits per heavy atom. The zero-order valence-corrected chi connectivity index (χ0v) is 10.7. The molecule has 0 aromatic carbocycles. The lowest BCUT2D eigenvalue weighted by Gasteiger charge is -2.33. The Morgan fingerprint density at radius 1 is 1.47 bits per heavy atom. The highest BCUT2D eigenvalue weighted by atomic mass is 16.5. The number of amides is 1. The van der Waals surface area contributed by atoms with Crippen LogP contribution in [0.4, 0.5) is 0 Å². The lowest BCUT2D eigenvalue weighted by molar-refractivity contribution is -0.143. The Labute approximate surface area is 111 Å². The summed E-state index contributed by atoms with van der Waals surface area (Å²) >= 11 is 0. The third-order valence-corrected chi connectivity index (χ3v) is 3.24. The van der Waals surface area contributed by atoms with E-state index in [2.05, 4.69) is 4.98 Å². The number of ether oxygens (including phenoxy) is 1. The van der Waals surface area contributed by atoms with E-state index >= 15 is 0 Å². The van der Waals surface area contributed by atoms with Crippen LogP contribution in [-0.2, 0) is 4.79 Å². The van der Waals surface area contributed by atoms with Crippen molar-refractivity contribution >= 4 is 11.9 Å². The van der Waals surface area contributed by atoms with Gasteiger partial charge in [-0.05, 0) is 31.4 Å². The highest BCUT2D eigenvalue weighted by Crippen LogP contribution is 2.23. The summed E-state index contributed by atoms with van der Waals surface area (Å²) in [5, 5.41) is 9.19.